The van der Waals surface area contributed by atoms with E-state index in [1.54, 1.807) is 73.5 Å². The summed E-state index contributed by atoms with van der Waals surface area (Å²) >= 11 is 0. The van der Waals surface area contributed by atoms with Gasteiger partial charge in [-0.15, -0.1) is 0 Å². The molecule has 418 valence electrons. The highest BCUT2D eigenvalue weighted by Crippen LogP contribution is 2.39. The van der Waals surface area contributed by atoms with E-state index in [0.29, 0.717) is 18.3 Å². The van der Waals surface area contributed by atoms with Crippen LogP contribution in [0.4, 0.5) is 0 Å². The van der Waals surface area contributed by atoms with Crippen LogP contribution in [-0.4, -0.2) is 189 Å². The second-order valence-corrected chi connectivity index (χ2v) is 21.4. The first-order valence-electron chi connectivity index (χ1n) is 25.9. The molecule has 15 unspecified atom stereocenters. The van der Waals surface area contributed by atoms with E-state index in [1.165, 1.54) is 27.2 Å². The zero-order valence-electron chi connectivity index (χ0n) is 45.7. The molecule has 0 radical (unpaired) electrons. The highest BCUT2D eigenvalue weighted by molar-refractivity contribution is 5.91. The summed E-state index contributed by atoms with van der Waals surface area (Å²) in [5, 5.41) is 34.6. The number of rotatable bonds is 17. The number of aliphatic hydroxyl groups excluding tert-OH is 2. The van der Waals surface area contributed by atoms with Crippen molar-refractivity contribution in [3.8, 4) is 0 Å². The van der Waals surface area contributed by atoms with Crippen molar-refractivity contribution < 1.29 is 91.4 Å². The van der Waals surface area contributed by atoms with Crippen molar-refractivity contribution in [2.45, 2.75) is 218 Å². The van der Waals surface area contributed by atoms with E-state index < -0.39 is 152 Å². The summed E-state index contributed by atoms with van der Waals surface area (Å²) in [5.41, 5.74) is -0.865. The highest BCUT2D eigenvalue weighted by atomic mass is 16.7. The van der Waals surface area contributed by atoms with Crippen LogP contribution in [0.5, 0.6) is 0 Å². The standard InChI is InChI=1S/C53H87NO19/c1-16-38-36(26-65-52-49(64-15)48(63-14)44(60)31(7)67-52)22-28(4)17-18-37(57)29(5)23-35(19-20-55)46(30(6)39(69-34(10)56)24-41(59)70-38)73-51-45(61)43(54(12)13)47(32(8)68-51)72-42-25-53(11,62)50(33(9)66-42)71-40(58)21-27(2)3/h17-18,20,22,27,29-33,35-36,38-39,42-52,60-62H,16,19,21,23-26H2,1-15H3/t29-,30+,31?,32?,33?,35+,36?,38+,39-,42?,43?,44?,45?,46-,47?,48?,49?,50?,51?,52?,53?/m1/s1. The number of allylic oxidation sites excluding steroid dienone is 3. The minimum Gasteiger partial charge on any atom is -0.462 e. The number of hydrogen-bond donors (Lipinski definition) is 3. The van der Waals surface area contributed by atoms with Gasteiger partial charge < -0.3 is 77.1 Å². The van der Waals surface area contributed by atoms with Crippen LogP contribution in [0.3, 0.4) is 0 Å². The fraction of sp³-hybridized carbons (Fsp3) is 0.830. The maximum absolute atomic E-state index is 14.2. The molecule has 3 fully saturated rings. The van der Waals surface area contributed by atoms with E-state index in [-0.39, 0.29) is 44.0 Å². The Balaban J connectivity index is 1.66. The third-order valence-corrected chi connectivity index (χ3v) is 14.5. The molecular formula is C53H87NO19. The van der Waals surface area contributed by atoms with Crippen molar-refractivity contribution in [2.24, 2.45) is 29.6 Å². The van der Waals surface area contributed by atoms with Gasteiger partial charge in [-0.2, -0.15) is 0 Å². The highest BCUT2D eigenvalue weighted by Gasteiger charge is 2.53. The van der Waals surface area contributed by atoms with Crippen molar-refractivity contribution in [1.29, 1.82) is 0 Å². The molecule has 4 heterocycles. The van der Waals surface area contributed by atoms with E-state index >= 15 is 0 Å². The summed E-state index contributed by atoms with van der Waals surface area (Å²) in [6, 6.07) is -0.809. The summed E-state index contributed by atoms with van der Waals surface area (Å²) < 4.78 is 67.2. The van der Waals surface area contributed by atoms with Crippen LogP contribution in [-0.2, 0) is 76.1 Å². The fourth-order valence-corrected chi connectivity index (χ4v) is 10.6. The lowest BCUT2D eigenvalue weighted by atomic mass is 9.79. The zero-order valence-corrected chi connectivity index (χ0v) is 45.7. The Labute approximate surface area is 432 Å². The van der Waals surface area contributed by atoms with Crippen LogP contribution in [0, 0.1) is 29.6 Å². The lowest BCUT2D eigenvalue weighted by Crippen LogP contribution is -2.65. The maximum Gasteiger partial charge on any atom is 0.309 e. The predicted molar refractivity (Wildman–Crippen MR) is 263 cm³/mol. The molecule has 0 aromatic rings. The minimum absolute atomic E-state index is 0.0378. The first kappa shape index (κ1) is 62.3. The topological polar surface area (TPSA) is 251 Å². The Bertz CT molecular complexity index is 1860. The third kappa shape index (κ3) is 16.9. The Hall–Kier alpha value is -3.25. The number of likely N-dealkylation sites (N-methyl/N-ethyl adjacent to an activating group) is 1. The van der Waals surface area contributed by atoms with Crippen LogP contribution in [0.15, 0.2) is 23.8 Å². The maximum atomic E-state index is 14.2. The number of carbonyl (C=O) groups excluding carboxylic acids is 5. The van der Waals surface area contributed by atoms with Crippen molar-refractivity contribution in [3.63, 3.8) is 0 Å². The largest absolute Gasteiger partial charge is 0.462 e. The minimum atomic E-state index is -1.53. The Kier molecular flexibility index (Phi) is 24.1. The van der Waals surface area contributed by atoms with Crippen molar-refractivity contribution >= 4 is 30.0 Å². The van der Waals surface area contributed by atoms with Gasteiger partial charge in [-0.05, 0) is 79.5 Å². The van der Waals surface area contributed by atoms with E-state index in [0.717, 1.165) is 0 Å². The molecule has 3 saturated heterocycles. The first-order valence-corrected chi connectivity index (χ1v) is 25.9. The number of cyclic esters (lactones) is 1. The number of aliphatic hydroxyl groups is 3. The van der Waals surface area contributed by atoms with E-state index in [2.05, 4.69) is 0 Å². The lowest BCUT2D eigenvalue weighted by Gasteiger charge is -2.50. The number of esters is 3. The van der Waals surface area contributed by atoms with Gasteiger partial charge in [0.25, 0.3) is 0 Å². The van der Waals surface area contributed by atoms with E-state index in [9.17, 15) is 39.3 Å². The molecule has 0 spiro atoms. The quantitative estimate of drug-likeness (QED) is 0.106. The predicted octanol–water partition coefficient (Wildman–Crippen LogP) is 4.00. The molecule has 4 aliphatic rings. The number of aldehydes is 1. The number of ether oxygens (including phenoxy) is 11. The Morgan fingerprint density at radius 3 is 2.12 bits per heavy atom. The van der Waals surface area contributed by atoms with Gasteiger partial charge in [0.05, 0.1) is 43.5 Å². The molecular weight excluding hydrogens is 955 g/mol. The molecule has 0 bridgehead atoms. The van der Waals surface area contributed by atoms with Crippen LogP contribution < -0.4 is 0 Å². The van der Waals surface area contributed by atoms with Gasteiger partial charge in [0.15, 0.2) is 30.8 Å². The molecule has 0 aromatic heterocycles. The van der Waals surface area contributed by atoms with Gasteiger partial charge >= 0.3 is 17.9 Å². The van der Waals surface area contributed by atoms with Crippen LogP contribution in [0.25, 0.3) is 0 Å². The first-order chi connectivity index (χ1) is 34.3. The lowest BCUT2D eigenvalue weighted by molar-refractivity contribution is -0.342. The molecule has 4 rings (SSSR count). The summed E-state index contributed by atoms with van der Waals surface area (Å²) in [5.74, 6) is -4.87. The Morgan fingerprint density at radius 1 is 0.890 bits per heavy atom. The van der Waals surface area contributed by atoms with Gasteiger partial charge in [0.1, 0.15) is 54.6 Å². The molecule has 4 aliphatic heterocycles. The molecule has 0 aromatic carbocycles. The van der Waals surface area contributed by atoms with Crippen molar-refractivity contribution in [3.05, 3.63) is 23.8 Å². The number of hydrogen-bond acceptors (Lipinski definition) is 20. The van der Waals surface area contributed by atoms with Crippen LogP contribution in [0.2, 0.25) is 0 Å². The molecule has 20 nitrogen and oxygen atoms in total. The molecule has 0 aliphatic carbocycles. The van der Waals surface area contributed by atoms with Gasteiger partial charge in [-0.1, -0.05) is 52.3 Å². The summed E-state index contributed by atoms with van der Waals surface area (Å²) in [4.78, 5) is 67.9. The number of carbonyl (C=O) groups is 5. The van der Waals surface area contributed by atoms with Gasteiger partial charge in [0, 0.05) is 58.2 Å². The molecule has 0 amide bonds. The van der Waals surface area contributed by atoms with E-state index in [4.69, 9.17) is 52.1 Å². The molecule has 21 atom stereocenters. The zero-order chi connectivity index (χ0) is 54.6. The van der Waals surface area contributed by atoms with Crippen LogP contribution >= 0.6 is 0 Å². The second-order valence-electron chi connectivity index (χ2n) is 21.4. The SMILES string of the molecule is CC[C@@H]1OC(=O)C[C@@H](OC(C)=O)[C@H](C)[C@@H](OC2OC(C)C(OC3CC(C)(O)C(OC(=O)CC(C)C)C(C)O3)C(N(C)C)C2O)[C@@H](CC=O)C[C@@H](C)C(=O)C=CC(C)=CC1COC1OC(C)C(O)C(OC)C1OC. The molecule has 0 saturated carbocycles. The molecule has 20 heteroatoms. The fourth-order valence-electron chi connectivity index (χ4n) is 10.6. The van der Waals surface area contributed by atoms with Gasteiger partial charge in [0.2, 0.25) is 0 Å². The monoisotopic (exact) mass is 1040 g/mol. The Morgan fingerprint density at radius 2 is 1.55 bits per heavy atom. The molecule has 3 N–H and O–H groups in total. The van der Waals surface area contributed by atoms with E-state index in [1.807, 2.05) is 26.8 Å². The van der Waals surface area contributed by atoms with Crippen molar-refractivity contribution in [1.82, 2.24) is 4.90 Å². The summed E-state index contributed by atoms with van der Waals surface area (Å²) in [7, 11) is 6.41. The third-order valence-electron chi connectivity index (χ3n) is 14.5. The number of methoxy groups -OCH3 is 2. The van der Waals surface area contributed by atoms with Crippen LogP contribution in [0.1, 0.15) is 115 Å². The van der Waals surface area contributed by atoms with Gasteiger partial charge in [-0.3, -0.25) is 19.2 Å². The summed E-state index contributed by atoms with van der Waals surface area (Å²) in [6.07, 6.45) is -8.67. The number of ketones is 1. The van der Waals surface area contributed by atoms with Gasteiger partial charge in [-0.25, -0.2) is 0 Å². The summed E-state index contributed by atoms with van der Waals surface area (Å²) in [6.45, 7) is 18.7. The average Bonchev–Trinajstić information content (AvgIpc) is 3.29. The molecule has 73 heavy (non-hydrogen) atoms. The normalized spacial score (nSPS) is 40.5. The second kappa shape index (κ2) is 28.2. The van der Waals surface area contributed by atoms with Crippen molar-refractivity contribution in [2.75, 3.05) is 34.9 Å². The number of nitrogens with zero attached hydrogens (tertiary/aromatic N) is 1. The average molecular weight is 1040 g/mol. The smallest absolute Gasteiger partial charge is 0.309 e.